The highest BCUT2D eigenvalue weighted by atomic mass is 35.5. The number of hydrogen-bond acceptors (Lipinski definition) is 3. The van der Waals surface area contributed by atoms with Crippen LogP contribution in [0.3, 0.4) is 0 Å². The summed E-state index contributed by atoms with van der Waals surface area (Å²) in [5.74, 6) is 0.316. The van der Waals surface area contributed by atoms with Crippen LogP contribution in [0.15, 0.2) is 42.5 Å². The molecule has 4 nitrogen and oxygen atoms in total. The molecule has 2 aromatic carbocycles. The Hall–Kier alpha value is -1.75. The molecular weight excluding hydrogens is 383 g/mol. The first-order valence-corrected chi connectivity index (χ1v) is 8.95. The van der Waals surface area contributed by atoms with E-state index in [-0.39, 0.29) is 23.6 Å². The van der Waals surface area contributed by atoms with Crippen LogP contribution in [-0.4, -0.2) is 4.92 Å². The molecule has 0 radical (unpaired) electrons. The lowest BCUT2D eigenvalue weighted by Crippen LogP contribution is -2.29. The average molecular weight is 396 g/mol. The third-order valence-electron chi connectivity index (χ3n) is 4.92. The first kappa shape index (κ1) is 16.7. The van der Waals surface area contributed by atoms with Crippen LogP contribution in [0.5, 0.6) is 0 Å². The van der Waals surface area contributed by atoms with Crippen molar-refractivity contribution in [2.45, 2.75) is 18.4 Å². The number of benzene rings is 2. The van der Waals surface area contributed by atoms with Gasteiger partial charge in [-0.2, -0.15) is 0 Å². The molecule has 0 bridgehead atoms. The largest absolute Gasteiger partial charge is 0.376 e. The number of anilines is 1. The van der Waals surface area contributed by atoms with Crippen molar-refractivity contribution in [3.8, 4) is 0 Å². The Kier molecular flexibility index (Phi) is 4.14. The number of nitro groups is 1. The fraction of sp³-hybridized carbons (Fsp3) is 0.222. The molecule has 4 rings (SSSR count). The predicted molar refractivity (Wildman–Crippen MR) is 101 cm³/mol. The van der Waals surface area contributed by atoms with E-state index < -0.39 is 4.92 Å². The van der Waals surface area contributed by atoms with E-state index in [1.807, 2.05) is 12.1 Å². The van der Waals surface area contributed by atoms with Gasteiger partial charge in [0.15, 0.2) is 0 Å². The average Bonchev–Trinajstić information content (AvgIpc) is 3.06. The zero-order valence-corrected chi connectivity index (χ0v) is 15.1. The second-order valence-electron chi connectivity index (χ2n) is 6.30. The van der Waals surface area contributed by atoms with Gasteiger partial charge in [0.05, 0.1) is 31.7 Å². The molecular formula is C18H13Cl3N2O2. The van der Waals surface area contributed by atoms with Crippen molar-refractivity contribution in [1.82, 2.24) is 0 Å². The van der Waals surface area contributed by atoms with Crippen LogP contribution < -0.4 is 5.32 Å². The minimum Gasteiger partial charge on any atom is -0.376 e. The summed E-state index contributed by atoms with van der Waals surface area (Å²) in [6, 6.07) is 8.60. The summed E-state index contributed by atoms with van der Waals surface area (Å²) >= 11 is 18.6. The molecule has 25 heavy (non-hydrogen) atoms. The van der Waals surface area contributed by atoms with Gasteiger partial charge in [0, 0.05) is 18.1 Å². The molecule has 0 saturated carbocycles. The van der Waals surface area contributed by atoms with E-state index in [0.29, 0.717) is 15.1 Å². The van der Waals surface area contributed by atoms with Gasteiger partial charge in [-0.15, -0.1) is 0 Å². The van der Waals surface area contributed by atoms with Gasteiger partial charge in [0.1, 0.15) is 0 Å². The number of non-ortho nitro benzene ring substituents is 1. The van der Waals surface area contributed by atoms with Crippen molar-refractivity contribution in [2.75, 3.05) is 5.32 Å². The quantitative estimate of drug-likeness (QED) is 0.364. The van der Waals surface area contributed by atoms with Gasteiger partial charge >= 0.3 is 0 Å². The molecule has 1 N–H and O–H groups in total. The Balaban J connectivity index is 1.82. The van der Waals surface area contributed by atoms with Gasteiger partial charge in [-0.25, -0.2) is 0 Å². The molecule has 7 heteroatoms. The summed E-state index contributed by atoms with van der Waals surface area (Å²) in [5, 5.41) is 16.0. The van der Waals surface area contributed by atoms with Crippen molar-refractivity contribution in [2.24, 2.45) is 5.92 Å². The van der Waals surface area contributed by atoms with E-state index in [1.165, 1.54) is 6.07 Å². The van der Waals surface area contributed by atoms with E-state index in [4.69, 9.17) is 34.8 Å². The van der Waals surface area contributed by atoms with Crippen LogP contribution in [-0.2, 0) is 0 Å². The van der Waals surface area contributed by atoms with E-state index in [9.17, 15) is 10.1 Å². The van der Waals surface area contributed by atoms with Crippen molar-refractivity contribution < 1.29 is 4.92 Å². The number of allylic oxidation sites excluding steroid dienone is 2. The Bertz CT molecular complexity index is 913. The zero-order valence-electron chi connectivity index (χ0n) is 12.9. The minimum atomic E-state index is -0.412. The summed E-state index contributed by atoms with van der Waals surface area (Å²) < 4.78 is 0. The topological polar surface area (TPSA) is 55.2 Å². The predicted octanol–water partition coefficient (Wildman–Crippen LogP) is 6.38. The first-order chi connectivity index (χ1) is 12.0. The maximum atomic E-state index is 11.2. The summed E-state index contributed by atoms with van der Waals surface area (Å²) in [4.78, 5) is 10.8. The van der Waals surface area contributed by atoms with E-state index in [0.717, 1.165) is 23.2 Å². The Morgan fingerprint density at radius 3 is 2.60 bits per heavy atom. The van der Waals surface area contributed by atoms with Crippen LogP contribution in [0.2, 0.25) is 15.1 Å². The smallest absolute Gasteiger partial charge is 0.271 e. The van der Waals surface area contributed by atoms with Crippen molar-refractivity contribution >= 4 is 46.2 Å². The molecule has 0 spiro atoms. The SMILES string of the molecule is O=[N+]([O-])c1cc(Cl)c2c(c1)[C@@H]1C=CC[C@@H]1[C@H](c1ccc(Cl)c(Cl)c1)N2. The molecule has 3 atom stereocenters. The van der Waals surface area contributed by atoms with Gasteiger partial charge in [-0.05, 0) is 35.6 Å². The van der Waals surface area contributed by atoms with Crippen molar-refractivity contribution in [3.05, 3.63) is 78.8 Å². The second-order valence-corrected chi connectivity index (χ2v) is 7.52. The fourth-order valence-electron chi connectivity index (χ4n) is 3.78. The summed E-state index contributed by atoms with van der Waals surface area (Å²) in [6.45, 7) is 0. The summed E-state index contributed by atoms with van der Waals surface area (Å²) in [7, 11) is 0. The molecule has 1 aliphatic heterocycles. The zero-order chi connectivity index (χ0) is 17.7. The molecule has 0 unspecified atom stereocenters. The maximum Gasteiger partial charge on any atom is 0.271 e. The highest BCUT2D eigenvalue weighted by Gasteiger charge is 2.39. The van der Waals surface area contributed by atoms with E-state index in [1.54, 1.807) is 12.1 Å². The fourth-order valence-corrected chi connectivity index (χ4v) is 4.36. The summed E-state index contributed by atoms with van der Waals surface area (Å²) in [6.07, 6.45) is 5.10. The third kappa shape index (κ3) is 2.78. The van der Waals surface area contributed by atoms with Crippen LogP contribution in [0.25, 0.3) is 0 Å². The van der Waals surface area contributed by atoms with Crippen molar-refractivity contribution in [1.29, 1.82) is 0 Å². The standard InChI is InChI=1S/C18H13Cl3N2O2/c19-14-5-4-9(6-15(14)20)17-12-3-1-2-11(12)13-7-10(23(24)25)8-16(21)18(13)22-17/h1-2,4-8,11-12,17,22H,3H2/t11-,12+,17+/m1/s1. The van der Waals surface area contributed by atoms with Crippen LogP contribution in [0.4, 0.5) is 11.4 Å². The second kappa shape index (κ2) is 6.20. The number of halogens is 3. The molecule has 2 aliphatic rings. The minimum absolute atomic E-state index is 0.00113. The lowest BCUT2D eigenvalue weighted by atomic mass is 9.77. The number of hydrogen-bond donors (Lipinski definition) is 1. The Labute approximate surface area is 159 Å². The Morgan fingerprint density at radius 2 is 1.88 bits per heavy atom. The van der Waals surface area contributed by atoms with Gasteiger partial charge in [0.2, 0.25) is 0 Å². The number of nitrogens with one attached hydrogen (secondary N) is 1. The molecule has 128 valence electrons. The van der Waals surface area contributed by atoms with Gasteiger partial charge < -0.3 is 5.32 Å². The maximum absolute atomic E-state index is 11.2. The van der Waals surface area contributed by atoms with E-state index in [2.05, 4.69) is 17.5 Å². The molecule has 0 amide bonds. The van der Waals surface area contributed by atoms with Gasteiger partial charge in [0.25, 0.3) is 5.69 Å². The normalized spacial score (nSPS) is 23.7. The van der Waals surface area contributed by atoms with Crippen LogP contribution in [0.1, 0.15) is 29.5 Å². The monoisotopic (exact) mass is 394 g/mol. The van der Waals surface area contributed by atoms with Gasteiger partial charge in [-0.3, -0.25) is 10.1 Å². The number of nitrogens with zero attached hydrogens (tertiary/aromatic N) is 1. The summed E-state index contributed by atoms with van der Waals surface area (Å²) in [5.41, 5.74) is 2.65. The third-order valence-corrected chi connectivity index (χ3v) is 5.96. The molecule has 1 aliphatic carbocycles. The number of fused-ring (bicyclic) bond motifs is 3. The Morgan fingerprint density at radius 1 is 1.08 bits per heavy atom. The van der Waals surface area contributed by atoms with E-state index >= 15 is 0 Å². The van der Waals surface area contributed by atoms with Gasteiger partial charge in [-0.1, -0.05) is 53.0 Å². The number of rotatable bonds is 2. The first-order valence-electron chi connectivity index (χ1n) is 7.81. The van der Waals surface area contributed by atoms with Crippen LogP contribution >= 0.6 is 34.8 Å². The highest BCUT2D eigenvalue weighted by molar-refractivity contribution is 6.42. The van der Waals surface area contributed by atoms with Crippen LogP contribution in [0, 0.1) is 16.0 Å². The molecule has 1 heterocycles. The molecule has 0 aromatic heterocycles. The lowest BCUT2D eigenvalue weighted by Gasteiger charge is -2.38. The molecule has 2 aromatic rings. The lowest BCUT2D eigenvalue weighted by molar-refractivity contribution is -0.384. The van der Waals surface area contributed by atoms with Crippen molar-refractivity contribution in [3.63, 3.8) is 0 Å². The highest BCUT2D eigenvalue weighted by Crippen LogP contribution is 2.52. The number of nitro benzene ring substituents is 1. The molecule has 0 fully saturated rings. The molecule has 0 saturated heterocycles.